The third-order valence-electron chi connectivity index (χ3n) is 2.52. The van der Waals surface area contributed by atoms with E-state index < -0.39 is 0 Å². The third-order valence-corrected chi connectivity index (χ3v) is 2.52. The van der Waals surface area contributed by atoms with Gasteiger partial charge in [-0.1, -0.05) is 27.2 Å². The zero-order chi connectivity index (χ0) is 11.1. The van der Waals surface area contributed by atoms with E-state index in [2.05, 4.69) is 37.1 Å². The van der Waals surface area contributed by atoms with Gasteiger partial charge in [-0.2, -0.15) is 0 Å². The van der Waals surface area contributed by atoms with Crippen LogP contribution in [-0.2, 0) is 6.54 Å². The lowest BCUT2D eigenvalue weighted by molar-refractivity contribution is 0.358. The molecule has 0 radical (unpaired) electrons. The summed E-state index contributed by atoms with van der Waals surface area (Å²) < 4.78 is 0. The van der Waals surface area contributed by atoms with Crippen LogP contribution >= 0.6 is 0 Å². The summed E-state index contributed by atoms with van der Waals surface area (Å²) in [6.45, 7) is 9.03. The lowest BCUT2D eigenvalue weighted by Gasteiger charge is -2.17. The monoisotopic (exact) mass is 208 g/mol. The van der Waals surface area contributed by atoms with Gasteiger partial charge in [-0.25, -0.2) is 0 Å². The number of hydrogen-bond acceptors (Lipinski definition) is 1. The van der Waals surface area contributed by atoms with Gasteiger partial charge in [0.05, 0.1) is 0 Å². The highest BCUT2D eigenvalue weighted by Gasteiger charge is 2.08. The molecule has 0 aromatic carbocycles. The minimum absolute atomic E-state index is 0.487. The van der Waals surface area contributed by atoms with Crippen molar-refractivity contribution in [3.05, 3.63) is 24.0 Å². The summed E-state index contributed by atoms with van der Waals surface area (Å²) in [5.41, 5.74) is 1.83. The molecule has 0 saturated carbocycles. The van der Waals surface area contributed by atoms with E-state index in [1.54, 1.807) is 0 Å². The van der Waals surface area contributed by atoms with Crippen LogP contribution in [-0.4, -0.2) is 11.5 Å². The SMILES string of the molecule is CC(C)(C)CCCCNCc1cc[nH]c1. The Morgan fingerprint density at radius 1 is 1.27 bits per heavy atom. The van der Waals surface area contributed by atoms with E-state index in [4.69, 9.17) is 0 Å². The first kappa shape index (κ1) is 12.3. The van der Waals surface area contributed by atoms with Crippen LogP contribution in [0.4, 0.5) is 0 Å². The molecule has 1 aromatic rings. The fraction of sp³-hybridized carbons (Fsp3) is 0.692. The Bertz CT molecular complexity index is 244. The topological polar surface area (TPSA) is 27.8 Å². The van der Waals surface area contributed by atoms with Gasteiger partial charge in [-0.15, -0.1) is 0 Å². The normalized spacial score (nSPS) is 11.9. The Hall–Kier alpha value is -0.760. The largest absolute Gasteiger partial charge is 0.367 e. The molecule has 0 saturated heterocycles. The number of nitrogens with one attached hydrogen (secondary N) is 2. The van der Waals surface area contributed by atoms with Crippen molar-refractivity contribution in [2.75, 3.05) is 6.54 Å². The molecule has 86 valence electrons. The first-order chi connectivity index (χ1) is 7.08. The van der Waals surface area contributed by atoms with E-state index >= 15 is 0 Å². The highest BCUT2D eigenvalue weighted by Crippen LogP contribution is 2.21. The fourth-order valence-corrected chi connectivity index (χ4v) is 1.61. The minimum atomic E-state index is 0.487. The van der Waals surface area contributed by atoms with Gasteiger partial charge in [0.2, 0.25) is 0 Å². The highest BCUT2D eigenvalue weighted by molar-refractivity contribution is 5.07. The Morgan fingerprint density at radius 3 is 2.67 bits per heavy atom. The van der Waals surface area contributed by atoms with Crippen LogP contribution in [0.2, 0.25) is 0 Å². The molecule has 0 aliphatic carbocycles. The van der Waals surface area contributed by atoms with Crippen LogP contribution in [0.15, 0.2) is 18.5 Å². The Kier molecular flexibility index (Phi) is 4.89. The van der Waals surface area contributed by atoms with Crippen LogP contribution in [0.1, 0.15) is 45.6 Å². The molecule has 0 spiro atoms. The van der Waals surface area contributed by atoms with E-state index in [9.17, 15) is 0 Å². The lowest BCUT2D eigenvalue weighted by Crippen LogP contribution is -2.15. The zero-order valence-electron chi connectivity index (χ0n) is 10.3. The van der Waals surface area contributed by atoms with Crippen LogP contribution < -0.4 is 5.32 Å². The molecule has 0 aliphatic heterocycles. The molecule has 2 heteroatoms. The van der Waals surface area contributed by atoms with Gasteiger partial charge < -0.3 is 10.3 Å². The zero-order valence-corrected chi connectivity index (χ0v) is 10.3. The summed E-state index contributed by atoms with van der Waals surface area (Å²) >= 11 is 0. The van der Waals surface area contributed by atoms with Gasteiger partial charge in [-0.3, -0.25) is 0 Å². The molecule has 0 aliphatic rings. The van der Waals surface area contributed by atoms with Crippen molar-refractivity contribution in [2.45, 2.75) is 46.6 Å². The molecule has 1 rings (SSSR count). The number of unbranched alkanes of at least 4 members (excludes halogenated alkanes) is 1. The summed E-state index contributed by atoms with van der Waals surface area (Å²) in [5, 5.41) is 3.45. The van der Waals surface area contributed by atoms with Crippen LogP contribution in [0, 0.1) is 5.41 Å². The van der Waals surface area contributed by atoms with Gasteiger partial charge in [0.15, 0.2) is 0 Å². The minimum Gasteiger partial charge on any atom is -0.367 e. The second kappa shape index (κ2) is 5.96. The molecule has 2 nitrogen and oxygen atoms in total. The molecule has 0 bridgehead atoms. The first-order valence-corrected chi connectivity index (χ1v) is 5.90. The molecule has 1 heterocycles. The smallest absolute Gasteiger partial charge is 0.0220 e. The van der Waals surface area contributed by atoms with E-state index in [0.29, 0.717) is 5.41 Å². The highest BCUT2D eigenvalue weighted by atomic mass is 14.8. The Balaban J connectivity index is 1.94. The molecule has 1 aromatic heterocycles. The molecule has 0 unspecified atom stereocenters. The van der Waals surface area contributed by atoms with Gasteiger partial charge in [-0.05, 0) is 36.4 Å². The maximum Gasteiger partial charge on any atom is 0.0220 e. The van der Waals surface area contributed by atoms with Crippen molar-refractivity contribution in [2.24, 2.45) is 5.41 Å². The summed E-state index contributed by atoms with van der Waals surface area (Å²) in [4.78, 5) is 3.06. The van der Waals surface area contributed by atoms with Gasteiger partial charge in [0.25, 0.3) is 0 Å². The number of H-pyrrole nitrogens is 1. The van der Waals surface area contributed by atoms with E-state index in [1.165, 1.54) is 24.8 Å². The van der Waals surface area contributed by atoms with Crippen molar-refractivity contribution >= 4 is 0 Å². The summed E-state index contributed by atoms with van der Waals surface area (Å²) in [6, 6.07) is 2.11. The van der Waals surface area contributed by atoms with Crippen molar-refractivity contribution in [1.82, 2.24) is 10.3 Å². The molecular weight excluding hydrogens is 184 g/mol. The van der Waals surface area contributed by atoms with Crippen LogP contribution in [0.25, 0.3) is 0 Å². The van der Waals surface area contributed by atoms with Crippen LogP contribution in [0.3, 0.4) is 0 Å². The third kappa shape index (κ3) is 6.34. The number of aromatic amines is 1. The summed E-state index contributed by atoms with van der Waals surface area (Å²) in [7, 11) is 0. The lowest BCUT2D eigenvalue weighted by atomic mass is 9.90. The standard InChI is InChI=1S/C13H24N2/c1-13(2,3)7-4-5-8-14-10-12-6-9-15-11-12/h6,9,11,14-15H,4-5,7-8,10H2,1-3H3. The quantitative estimate of drug-likeness (QED) is 0.690. The van der Waals surface area contributed by atoms with Crippen LogP contribution in [0.5, 0.6) is 0 Å². The van der Waals surface area contributed by atoms with Gasteiger partial charge >= 0.3 is 0 Å². The molecule has 0 atom stereocenters. The van der Waals surface area contributed by atoms with Gasteiger partial charge in [0, 0.05) is 18.9 Å². The van der Waals surface area contributed by atoms with Gasteiger partial charge in [0.1, 0.15) is 0 Å². The molecule has 0 fully saturated rings. The maximum absolute atomic E-state index is 3.45. The molecule has 0 amide bonds. The first-order valence-electron chi connectivity index (χ1n) is 5.90. The summed E-state index contributed by atoms with van der Waals surface area (Å²) in [5.74, 6) is 0. The summed E-state index contributed by atoms with van der Waals surface area (Å²) in [6.07, 6.45) is 7.93. The second-order valence-electron chi connectivity index (χ2n) is 5.41. The maximum atomic E-state index is 3.45. The predicted molar refractivity (Wildman–Crippen MR) is 65.8 cm³/mol. The number of rotatable bonds is 6. The van der Waals surface area contributed by atoms with E-state index in [0.717, 1.165) is 13.1 Å². The molecule has 2 N–H and O–H groups in total. The van der Waals surface area contributed by atoms with Crippen molar-refractivity contribution in [1.29, 1.82) is 0 Å². The van der Waals surface area contributed by atoms with Crippen molar-refractivity contribution in [3.8, 4) is 0 Å². The average Bonchev–Trinajstić information content (AvgIpc) is 2.61. The number of aromatic nitrogens is 1. The fourth-order valence-electron chi connectivity index (χ4n) is 1.61. The number of hydrogen-bond donors (Lipinski definition) is 2. The van der Waals surface area contributed by atoms with E-state index in [-0.39, 0.29) is 0 Å². The molecule has 15 heavy (non-hydrogen) atoms. The Morgan fingerprint density at radius 2 is 2.07 bits per heavy atom. The van der Waals surface area contributed by atoms with Crippen molar-refractivity contribution in [3.63, 3.8) is 0 Å². The van der Waals surface area contributed by atoms with E-state index in [1.807, 2.05) is 12.4 Å². The molecular formula is C13H24N2. The Labute approximate surface area is 93.5 Å². The predicted octanol–water partition coefficient (Wildman–Crippen LogP) is 3.32. The average molecular weight is 208 g/mol. The second-order valence-corrected chi connectivity index (χ2v) is 5.41. The van der Waals surface area contributed by atoms with Crippen molar-refractivity contribution < 1.29 is 0 Å².